The molecule has 1 fully saturated rings. The molecular weight excluding hydrogens is 262 g/mol. The van der Waals surface area contributed by atoms with Gasteiger partial charge in [-0.05, 0) is 20.8 Å². The van der Waals surface area contributed by atoms with E-state index in [0.29, 0.717) is 31.9 Å². The van der Waals surface area contributed by atoms with Gasteiger partial charge in [0.1, 0.15) is 11.3 Å². The zero-order valence-corrected chi connectivity index (χ0v) is 11.9. The Hall–Kier alpha value is -2.05. The van der Waals surface area contributed by atoms with Crippen molar-refractivity contribution in [3.8, 4) is 0 Å². The summed E-state index contributed by atoms with van der Waals surface area (Å²) in [6, 6.07) is 0. The quantitative estimate of drug-likeness (QED) is 0.689. The molecule has 7 heteroatoms. The van der Waals surface area contributed by atoms with Crippen molar-refractivity contribution < 1.29 is 19.1 Å². The van der Waals surface area contributed by atoms with Gasteiger partial charge in [-0.1, -0.05) is 0 Å². The van der Waals surface area contributed by atoms with Crippen molar-refractivity contribution in [1.82, 2.24) is 15.1 Å². The number of nitrogens with one attached hydrogen (secondary N) is 1. The lowest BCUT2D eigenvalue weighted by atomic mass is 10.2. The number of rotatable bonds is 1. The van der Waals surface area contributed by atoms with Crippen LogP contribution in [0, 0.1) is 0 Å². The highest BCUT2D eigenvalue weighted by molar-refractivity contribution is 6.15. The number of imide groups is 1. The maximum absolute atomic E-state index is 11.9. The van der Waals surface area contributed by atoms with Crippen LogP contribution in [0.2, 0.25) is 0 Å². The summed E-state index contributed by atoms with van der Waals surface area (Å²) in [5.41, 5.74) is -0.145. The Kier molecular flexibility index (Phi) is 3.69. The summed E-state index contributed by atoms with van der Waals surface area (Å²) in [4.78, 5) is 38.0. The molecule has 0 bridgehead atoms. The van der Waals surface area contributed by atoms with Gasteiger partial charge in [0.25, 0.3) is 11.8 Å². The molecular formula is C13H19N3O4. The normalized spacial score (nSPS) is 19.9. The number of hydrogen-bond donors (Lipinski definition) is 1. The smallest absolute Gasteiger partial charge is 0.410 e. The lowest BCUT2D eigenvalue weighted by Crippen LogP contribution is -2.50. The zero-order valence-electron chi connectivity index (χ0n) is 11.9. The van der Waals surface area contributed by atoms with Crippen molar-refractivity contribution in [3.05, 3.63) is 11.8 Å². The van der Waals surface area contributed by atoms with Crippen LogP contribution >= 0.6 is 0 Å². The highest BCUT2D eigenvalue weighted by Gasteiger charge is 2.31. The monoisotopic (exact) mass is 281 g/mol. The van der Waals surface area contributed by atoms with Gasteiger partial charge >= 0.3 is 6.09 Å². The molecule has 2 heterocycles. The van der Waals surface area contributed by atoms with Crippen LogP contribution < -0.4 is 5.32 Å². The Balaban J connectivity index is 1.90. The van der Waals surface area contributed by atoms with Gasteiger partial charge in [-0.25, -0.2) is 4.79 Å². The van der Waals surface area contributed by atoms with Crippen LogP contribution in [0.3, 0.4) is 0 Å². The molecule has 110 valence electrons. The number of piperazine rings is 1. The van der Waals surface area contributed by atoms with Crippen molar-refractivity contribution in [2.75, 3.05) is 26.2 Å². The van der Waals surface area contributed by atoms with E-state index in [-0.39, 0.29) is 17.9 Å². The number of carbonyl (C=O) groups is 3. The summed E-state index contributed by atoms with van der Waals surface area (Å²) < 4.78 is 5.30. The number of ether oxygens (including phenoxy) is 1. The molecule has 1 N–H and O–H groups in total. The van der Waals surface area contributed by atoms with E-state index >= 15 is 0 Å². The number of amides is 3. The first-order valence-corrected chi connectivity index (χ1v) is 6.56. The Morgan fingerprint density at radius 2 is 1.80 bits per heavy atom. The van der Waals surface area contributed by atoms with Crippen LogP contribution in [-0.4, -0.2) is 59.5 Å². The van der Waals surface area contributed by atoms with Crippen molar-refractivity contribution in [3.63, 3.8) is 0 Å². The summed E-state index contributed by atoms with van der Waals surface area (Å²) in [6.07, 6.45) is 0.948. The maximum atomic E-state index is 11.9. The van der Waals surface area contributed by atoms with E-state index in [1.165, 1.54) is 6.08 Å². The molecule has 2 rings (SSSR count). The number of hydrogen-bond acceptors (Lipinski definition) is 5. The number of carbonyl (C=O) groups excluding carboxylic acids is 3. The third-order valence-corrected chi connectivity index (χ3v) is 3.01. The van der Waals surface area contributed by atoms with Crippen molar-refractivity contribution in [1.29, 1.82) is 0 Å². The fourth-order valence-corrected chi connectivity index (χ4v) is 2.09. The SMILES string of the molecule is CC(C)(C)OC(=O)N1CCN(C2=CC(=O)NC2=O)CC1. The summed E-state index contributed by atoms with van der Waals surface area (Å²) in [5.74, 6) is -0.764. The van der Waals surface area contributed by atoms with Crippen molar-refractivity contribution in [2.24, 2.45) is 0 Å². The second-order valence-corrected chi connectivity index (χ2v) is 5.80. The molecule has 3 amide bonds. The first-order chi connectivity index (χ1) is 9.26. The average Bonchev–Trinajstić information content (AvgIpc) is 2.66. The average molecular weight is 281 g/mol. The molecule has 0 aromatic carbocycles. The first-order valence-electron chi connectivity index (χ1n) is 6.56. The van der Waals surface area contributed by atoms with E-state index in [1.807, 2.05) is 20.8 Å². The van der Waals surface area contributed by atoms with Crippen LogP contribution in [0.15, 0.2) is 11.8 Å². The van der Waals surface area contributed by atoms with Gasteiger partial charge < -0.3 is 14.5 Å². The van der Waals surface area contributed by atoms with Crippen LogP contribution in [0.1, 0.15) is 20.8 Å². The maximum Gasteiger partial charge on any atom is 0.410 e. The van der Waals surface area contributed by atoms with E-state index < -0.39 is 5.60 Å². The van der Waals surface area contributed by atoms with Crippen molar-refractivity contribution in [2.45, 2.75) is 26.4 Å². The first kappa shape index (κ1) is 14.4. The van der Waals surface area contributed by atoms with Gasteiger partial charge in [0, 0.05) is 32.3 Å². The summed E-state index contributed by atoms with van der Waals surface area (Å²) >= 11 is 0. The Bertz CT molecular complexity index is 470. The Morgan fingerprint density at radius 3 is 2.25 bits per heavy atom. The molecule has 0 unspecified atom stereocenters. The standard InChI is InChI=1S/C13H19N3O4/c1-13(2,3)20-12(19)16-6-4-15(5-7-16)9-8-10(17)14-11(9)18/h8H,4-7H2,1-3H3,(H,14,17,18). The minimum atomic E-state index is -0.519. The summed E-state index contributed by atoms with van der Waals surface area (Å²) in [6.45, 7) is 7.40. The fraction of sp³-hybridized carbons (Fsp3) is 0.615. The zero-order chi connectivity index (χ0) is 14.9. The highest BCUT2D eigenvalue weighted by Crippen LogP contribution is 2.15. The molecule has 1 saturated heterocycles. The topological polar surface area (TPSA) is 79.0 Å². The predicted octanol–water partition coefficient (Wildman–Crippen LogP) is 0.0794. The summed E-state index contributed by atoms with van der Waals surface area (Å²) in [7, 11) is 0. The van der Waals surface area contributed by atoms with E-state index in [2.05, 4.69) is 5.32 Å². The molecule has 0 spiro atoms. The largest absolute Gasteiger partial charge is 0.444 e. The molecule has 0 atom stereocenters. The lowest BCUT2D eigenvalue weighted by Gasteiger charge is -2.36. The molecule has 7 nitrogen and oxygen atoms in total. The van der Waals surface area contributed by atoms with E-state index in [4.69, 9.17) is 4.74 Å². The molecule has 2 aliphatic heterocycles. The van der Waals surface area contributed by atoms with Gasteiger partial charge in [0.15, 0.2) is 0 Å². The second kappa shape index (κ2) is 5.15. The predicted molar refractivity (Wildman–Crippen MR) is 70.6 cm³/mol. The van der Waals surface area contributed by atoms with E-state index in [9.17, 15) is 14.4 Å². The second-order valence-electron chi connectivity index (χ2n) is 5.80. The molecule has 0 saturated carbocycles. The molecule has 0 aliphatic carbocycles. The van der Waals surface area contributed by atoms with Crippen LogP contribution in [0.5, 0.6) is 0 Å². The van der Waals surface area contributed by atoms with Crippen LogP contribution in [0.25, 0.3) is 0 Å². The van der Waals surface area contributed by atoms with Gasteiger partial charge in [-0.2, -0.15) is 0 Å². The Labute approximate surface area is 117 Å². The fourth-order valence-electron chi connectivity index (χ4n) is 2.09. The Morgan fingerprint density at radius 1 is 1.20 bits per heavy atom. The van der Waals surface area contributed by atoms with Gasteiger partial charge in [-0.3, -0.25) is 14.9 Å². The number of nitrogens with zero attached hydrogens (tertiary/aromatic N) is 2. The molecule has 2 aliphatic rings. The van der Waals surface area contributed by atoms with E-state index in [0.717, 1.165) is 0 Å². The van der Waals surface area contributed by atoms with Crippen LogP contribution in [0.4, 0.5) is 4.79 Å². The van der Waals surface area contributed by atoms with Gasteiger partial charge in [-0.15, -0.1) is 0 Å². The summed E-state index contributed by atoms with van der Waals surface area (Å²) in [5, 5.41) is 2.21. The third-order valence-electron chi connectivity index (χ3n) is 3.01. The lowest BCUT2D eigenvalue weighted by molar-refractivity contribution is -0.124. The molecule has 0 aromatic rings. The molecule has 20 heavy (non-hydrogen) atoms. The minimum absolute atomic E-state index is 0.349. The van der Waals surface area contributed by atoms with Crippen LogP contribution in [-0.2, 0) is 14.3 Å². The van der Waals surface area contributed by atoms with Gasteiger partial charge in [0.05, 0.1) is 0 Å². The minimum Gasteiger partial charge on any atom is -0.444 e. The molecule has 0 radical (unpaired) electrons. The highest BCUT2D eigenvalue weighted by atomic mass is 16.6. The molecule has 0 aromatic heterocycles. The van der Waals surface area contributed by atoms with Crippen molar-refractivity contribution >= 4 is 17.9 Å². The van der Waals surface area contributed by atoms with E-state index in [1.54, 1.807) is 9.80 Å². The third kappa shape index (κ3) is 3.28. The van der Waals surface area contributed by atoms with Gasteiger partial charge in [0.2, 0.25) is 0 Å².